The van der Waals surface area contributed by atoms with E-state index in [0.29, 0.717) is 11.1 Å². The van der Waals surface area contributed by atoms with Crippen molar-refractivity contribution in [2.75, 3.05) is 0 Å². The Kier molecular flexibility index (Phi) is 0.887. The molecule has 2 aromatic rings. The van der Waals surface area contributed by atoms with E-state index >= 15 is 0 Å². The van der Waals surface area contributed by atoms with Crippen LogP contribution in [-0.4, -0.2) is 10.2 Å². The van der Waals surface area contributed by atoms with Crippen LogP contribution in [0.1, 0.15) is 0 Å². The van der Waals surface area contributed by atoms with E-state index < -0.39 is 0 Å². The highest BCUT2D eigenvalue weighted by molar-refractivity contribution is 5.70. The molecule has 10 heavy (non-hydrogen) atoms. The Hall–Kier alpha value is -1.58. The normalized spacial score (nSPS) is 10.4. The predicted molar refractivity (Wildman–Crippen MR) is 34.6 cm³/mol. The number of H-pyrrole nitrogens is 1. The van der Waals surface area contributed by atoms with Crippen LogP contribution in [0.5, 0.6) is 0 Å². The second-order valence-corrected chi connectivity index (χ2v) is 1.90. The average molecular weight is 136 g/mol. The number of hydrogen-bond acceptors (Lipinski definition) is 3. The minimum Gasteiger partial charge on any atom is -0.462 e. The van der Waals surface area contributed by atoms with Gasteiger partial charge in [0.2, 0.25) is 0 Å². The number of furan rings is 1. The fraction of sp³-hybridized carbons (Fsp3) is 0. The van der Waals surface area contributed by atoms with Crippen molar-refractivity contribution in [2.24, 2.45) is 0 Å². The predicted octanol–water partition coefficient (Wildman–Crippen LogP) is 0.516. The third-order valence-corrected chi connectivity index (χ3v) is 1.22. The summed E-state index contributed by atoms with van der Waals surface area (Å²) in [4.78, 5) is 10.6. The zero-order valence-corrected chi connectivity index (χ0v) is 5.00. The topological polar surface area (TPSA) is 58.9 Å². The van der Waals surface area contributed by atoms with Gasteiger partial charge in [0.15, 0.2) is 5.58 Å². The molecule has 0 saturated carbocycles. The molecule has 0 saturated heterocycles. The third-order valence-electron chi connectivity index (χ3n) is 1.22. The van der Waals surface area contributed by atoms with Gasteiger partial charge in [0.05, 0.1) is 6.26 Å². The second kappa shape index (κ2) is 1.70. The van der Waals surface area contributed by atoms with Crippen molar-refractivity contribution >= 4 is 11.1 Å². The van der Waals surface area contributed by atoms with Crippen LogP contribution in [0, 0.1) is 0 Å². The summed E-state index contributed by atoms with van der Waals surface area (Å²) in [6.45, 7) is 0. The smallest absolute Gasteiger partial charge is 0.267 e. The Morgan fingerprint density at radius 1 is 1.60 bits per heavy atom. The van der Waals surface area contributed by atoms with E-state index in [2.05, 4.69) is 10.2 Å². The molecule has 4 nitrogen and oxygen atoms in total. The molecule has 0 atom stereocenters. The maximum atomic E-state index is 10.6. The Morgan fingerprint density at radius 2 is 2.50 bits per heavy atom. The fourth-order valence-corrected chi connectivity index (χ4v) is 0.781. The molecule has 0 bridgehead atoms. The molecule has 0 spiro atoms. The van der Waals surface area contributed by atoms with Gasteiger partial charge in [-0.3, -0.25) is 4.79 Å². The van der Waals surface area contributed by atoms with Crippen molar-refractivity contribution in [2.45, 2.75) is 0 Å². The minimum absolute atomic E-state index is 0.248. The van der Waals surface area contributed by atoms with E-state index in [1.807, 2.05) is 0 Å². The maximum Gasteiger partial charge on any atom is 0.267 e. The van der Waals surface area contributed by atoms with Gasteiger partial charge in [-0.2, -0.15) is 5.10 Å². The second-order valence-electron chi connectivity index (χ2n) is 1.90. The zero-order chi connectivity index (χ0) is 6.97. The highest BCUT2D eigenvalue weighted by atomic mass is 16.3. The summed E-state index contributed by atoms with van der Waals surface area (Å²) in [7, 11) is 0. The quantitative estimate of drug-likeness (QED) is 0.574. The van der Waals surface area contributed by atoms with Gasteiger partial charge in [0.25, 0.3) is 5.56 Å². The summed E-state index contributed by atoms with van der Waals surface area (Å²) in [6, 6.07) is 3.05. The molecule has 4 heteroatoms. The SMILES string of the molecule is O=c1cc2occc2n[nH]1. The Balaban J connectivity index is 2.99. The average Bonchev–Trinajstić information content (AvgIpc) is 2.33. The molecule has 0 unspecified atom stereocenters. The molecule has 0 radical (unpaired) electrons. The molecule has 0 aliphatic carbocycles. The summed E-state index contributed by atoms with van der Waals surface area (Å²) in [5.41, 5.74) is 0.936. The van der Waals surface area contributed by atoms with Crippen LogP contribution in [0.2, 0.25) is 0 Å². The van der Waals surface area contributed by atoms with Crippen molar-refractivity contribution in [1.29, 1.82) is 0 Å². The first-order chi connectivity index (χ1) is 4.86. The Bertz CT molecular complexity index is 401. The molecule has 0 amide bonds. The number of aromatic amines is 1. The summed E-state index contributed by atoms with van der Waals surface area (Å²) in [5.74, 6) is 0. The molecule has 0 aromatic carbocycles. The molecule has 0 aliphatic rings. The minimum atomic E-state index is -0.248. The number of fused-ring (bicyclic) bond motifs is 1. The monoisotopic (exact) mass is 136 g/mol. The van der Waals surface area contributed by atoms with Crippen molar-refractivity contribution in [1.82, 2.24) is 10.2 Å². The van der Waals surface area contributed by atoms with Gasteiger partial charge in [-0.25, -0.2) is 5.10 Å². The Morgan fingerprint density at radius 3 is 3.40 bits per heavy atom. The molecule has 50 valence electrons. The van der Waals surface area contributed by atoms with Crippen LogP contribution in [0.25, 0.3) is 11.1 Å². The van der Waals surface area contributed by atoms with Crippen LogP contribution < -0.4 is 5.56 Å². The van der Waals surface area contributed by atoms with Crippen molar-refractivity contribution in [3.05, 3.63) is 28.7 Å². The molecular formula is C6H4N2O2. The number of rotatable bonds is 0. The summed E-state index contributed by atoms with van der Waals surface area (Å²) in [5, 5.41) is 6.00. The van der Waals surface area contributed by atoms with Crippen LogP contribution in [0.15, 0.2) is 27.6 Å². The molecule has 2 heterocycles. The van der Waals surface area contributed by atoms with E-state index in [0.717, 1.165) is 0 Å². The summed E-state index contributed by atoms with van der Waals surface area (Å²) in [6.07, 6.45) is 1.49. The molecule has 0 aliphatic heterocycles. The third kappa shape index (κ3) is 0.621. The van der Waals surface area contributed by atoms with E-state index in [1.165, 1.54) is 12.3 Å². The van der Waals surface area contributed by atoms with E-state index in [9.17, 15) is 4.79 Å². The van der Waals surface area contributed by atoms with Gasteiger partial charge >= 0.3 is 0 Å². The molecular weight excluding hydrogens is 132 g/mol. The van der Waals surface area contributed by atoms with Gasteiger partial charge < -0.3 is 4.42 Å². The van der Waals surface area contributed by atoms with Gasteiger partial charge in [-0.15, -0.1) is 0 Å². The first kappa shape index (κ1) is 5.22. The summed E-state index contributed by atoms with van der Waals surface area (Å²) < 4.78 is 4.92. The van der Waals surface area contributed by atoms with Crippen LogP contribution in [-0.2, 0) is 0 Å². The lowest BCUT2D eigenvalue weighted by molar-refractivity contribution is 0.614. The van der Waals surface area contributed by atoms with Crippen molar-refractivity contribution in [3.63, 3.8) is 0 Å². The molecule has 0 fully saturated rings. The summed E-state index contributed by atoms with van der Waals surface area (Å²) >= 11 is 0. The highest BCUT2D eigenvalue weighted by Gasteiger charge is 1.95. The Labute approximate surface area is 55.5 Å². The lowest BCUT2D eigenvalue weighted by Gasteiger charge is -1.81. The largest absolute Gasteiger partial charge is 0.462 e. The van der Waals surface area contributed by atoms with Gasteiger partial charge in [-0.1, -0.05) is 0 Å². The molecule has 1 N–H and O–H groups in total. The zero-order valence-electron chi connectivity index (χ0n) is 5.00. The number of hydrogen-bond donors (Lipinski definition) is 1. The maximum absolute atomic E-state index is 10.6. The number of nitrogens with zero attached hydrogens (tertiary/aromatic N) is 1. The molecule has 2 aromatic heterocycles. The van der Waals surface area contributed by atoms with E-state index in [1.54, 1.807) is 6.07 Å². The number of aromatic nitrogens is 2. The highest BCUT2D eigenvalue weighted by Crippen LogP contribution is 2.06. The lowest BCUT2D eigenvalue weighted by atomic mass is 10.4. The van der Waals surface area contributed by atoms with Gasteiger partial charge in [0.1, 0.15) is 5.52 Å². The first-order valence-electron chi connectivity index (χ1n) is 2.79. The van der Waals surface area contributed by atoms with Crippen LogP contribution in [0.3, 0.4) is 0 Å². The van der Waals surface area contributed by atoms with E-state index in [-0.39, 0.29) is 5.56 Å². The van der Waals surface area contributed by atoms with Gasteiger partial charge in [-0.05, 0) is 0 Å². The standard InChI is InChI=1S/C6H4N2O2/c9-6-3-5-4(7-8-6)1-2-10-5/h1-3H,(H,8,9). The van der Waals surface area contributed by atoms with E-state index in [4.69, 9.17) is 4.42 Å². The van der Waals surface area contributed by atoms with Crippen molar-refractivity contribution < 1.29 is 4.42 Å². The van der Waals surface area contributed by atoms with Crippen LogP contribution >= 0.6 is 0 Å². The molecule has 2 rings (SSSR count). The van der Waals surface area contributed by atoms with Crippen LogP contribution in [0.4, 0.5) is 0 Å². The number of nitrogens with one attached hydrogen (secondary N) is 1. The fourth-order valence-electron chi connectivity index (χ4n) is 0.781. The van der Waals surface area contributed by atoms with Crippen molar-refractivity contribution in [3.8, 4) is 0 Å². The van der Waals surface area contributed by atoms with Gasteiger partial charge in [0, 0.05) is 12.1 Å². The lowest BCUT2D eigenvalue weighted by Crippen LogP contribution is -2.03. The first-order valence-corrected chi connectivity index (χ1v) is 2.79.